The third-order valence-corrected chi connectivity index (χ3v) is 11.1. The summed E-state index contributed by atoms with van der Waals surface area (Å²) in [5.41, 5.74) is 12.8. The summed E-state index contributed by atoms with van der Waals surface area (Å²) in [5.74, 6) is 1.41. The third-order valence-electron chi connectivity index (χ3n) is 11.1. The van der Waals surface area contributed by atoms with Gasteiger partial charge < -0.3 is 4.42 Å². The molecule has 0 fully saturated rings. The largest absolute Gasteiger partial charge is 0.455 e. The van der Waals surface area contributed by atoms with E-state index in [-0.39, 0.29) is 27.3 Å². The second kappa shape index (κ2) is 15.2. The minimum absolute atomic E-state index is 0.158. The third kappa shape index (κ3) is 6.66. The van der Waals surface area contributed by atoms with Gasteiger partial charge in [0.2, 0.25) is 0 Å². The lowest BCUT2D eigenvalue weighted by Crippen LogP contribution is -2.55. The Hall–Kier alpha value is -7.11. The van der Waals surface area contributed by atoms with Crippen molar-refractivity contribution < 1.29 is 4.42 Å². The molecule has 8 aromatic carbocycles. The maximum absolute atomic E-state index is 6.61. The van der Waals surface area contributed by atoms with Crippen molar-refractivity contribution in [1.82, 2.24) is 15.0 Å². The number of nitrogens with zero attached hydrogens (tertiary/aromatic N) is 3. The molecule has 0 aliphatic carbocycles. The van der Waals surface area contributed by atoms with Gasteiger partial charge in [0.1, 0.15) is 50.4 Å². The molecular weight excluding hydrogens is 725 g/mol. The zero-order valence-electron chi connectivity index (χ0n) is 32.3. The predicted octanol–water partition coefficient (Wildman–Crippen LogP) is 7.41. The molecule has 0 aliphatic heterocycles. The summed E-state index contributed by atoms with van der Waals surface area (Å²) in [6.07, 6.45) is 0. The Morgan fingerprint density at radius 2 is 0.767 bits per heavy atom. The molecule has 9 heteroatoms. The fourth-order valence-corrected chi connectivity index (χ4v) is 7.81. The van der Waals surface area contributed by atoms with Gasteiger partial charge in [-0.3, -0.25) is 0 Å². The van der Waals surface area contributed by atoms with Crippen LogP contribution in [0.3, 0.4) is 0 Å². The summed E-state index contributed by atoms with van der Waals surface area (Å²) in [4.78, 5) is 15.0. The number of furan rings is 1. The number of hydrogen-bond acceptors (Lipinski definition) is 4. The van der Waals surface area contributed by atoms with Crippen molar-refractivity contribution >= 4 is 88.5 Å². The molecule has 0 spiro atoms. The number of hydrogen-bond donors (Lipinski definition) is 0. The van der Waals surface area contributed by atoms with Crippen LogP contribution in [0.1, 0.15) is 0 Å². The monoisotopic (exact) mass is 753 g/mol. The molecule has 0 atom stereocenters. The van der Waals surface area contributed by atoms with Gasteiger partial charge in [-0.25, -0.2) is 15.0 Å². The van der Waals surface area contributed by atoms with E-state index in [1.807, 2.05) is 78.9 Å². The normalized spacial score (nSPS) is 11.3. The maximum Gasteiger partial charge on any atom is 0.167 e. The van der Waals surface area contributed by atoms with E-state index < -0.39 is 0 Å². The Labute approximate surface area is 354 Å². The van der Waals surface area contributed by atoms with Crippen molar-refractivity contribution in [2.45, 2.75) is 0 Å². The Balaban J connectivity index is 1.03. The predicted molar refractivity (Wildman–Crippen MR) is 252 cm³/mol. The lowest BCUT2D eigenvalue weighted by molar-refractivity contribution is 0.669. The lowest BCUT2D eigenvalue weighted by atomic mass is 9.59. The van der Waals surface area contributed by atoms with Crippen LogP contribution in [0.25, 0.3) is 101 Å². The van der Waals surface area contributed by atoms with Crippen LogP contribution >= 0.6 is 0 Å². The van der Waals surface area contributed by atoms with Crippen LogP contribution in [0.15, 0.2) is 174 Å². The number of aromatic nitrogens is 3. The van der Waals surface area contributed by atoms with Gasteiger partial charge in [-0.1, -0.05) is 157 Å². The van der Waals surface area contributed by atoms with Gasteiger partial charge in [0.05, 0.1) is 5.56 Å². The summed E-state index contributed by atoms with van der Waals surface area (Å²) >= 11 is 0. The second-order valence-electron chi connectivity index (χ2n) is 14.7. The number of rotatable bonds is 7. The molecule has 0 amide bonds. The fraction of sp³-hybridized carbons (Fsp3) is 0. The van der Waals surface area contributed by atoms with Crippen molar-refractivity contribution in [3.8, 4) is 78.7 Å². The van der Waals surface area contributed by atoms with Gasteiger partial charge in [0.15, 0.2) is 17.5 Å². The zero-order valence-corrected chi connectivity index (χ0v) is 32.3. The molecule has 0 unspecified atom stereocenters. The fourth-order valence-electron chi connectivity index (χ4n) is 7.81. The standard InChI is InChI=1S/C51H28B5N3O/c52-43-42(44(53)46(55)47(56)45(43)54)36-13-7-14-37(27-36)50-57-49(34-11-5-2-6-12-34)58-51(59-50)39-16-8-15-38-40-28-35(25-26-41(40)60-48(38)39)33-23-21-32(22-24-33)31-19-17-30(18-20-31)29-9-3-1-4-10-29/h1-28H. The molecule has 2 aromatic heterocycles. The van der Waals surface area contributed by atoms with Crippen LogP contribution in [-0.4, -0.2) is 54.2 Å². The molecule has 60 heavy (non-hydrogen) atoms. The van der Waals surface area contributed by atoms with Crippen molar-refractivity contribution in [2.75, 3.05) is 0 Å². The van der Waals surface area contributed by atoms with Gasteiger partial charge >= 0.3 is 0 Å². The Morgan fingerprint density at radius 3 is 1.38 bits per heavy atom. The van der Waals surface area contributed by atoms with Crippen LogP contribution in [0.4, 0.5) is 0 Å². The van der Waals surface area contributed by atoms with Crippen LogP contribution in [0.2, 0.25) is 0 Å². The van der Waals surface area contributed by atoms with E-state index in [4.69, 9.17) is 58.6 Å². The van der Waals surface area contributed by atoms with E-state index >= 15 is 0 Å². The van der Waals surface area contributed by atoms with Crippen molar-refractivity contribution in [3.05, 3.63) is 170 Å². The first-order valence-corrected chi connectivity index (χ1v) is 19.5. The van der Waals surface area contributed by atoms with E-state index in [1.165, 1.54) is 16.7 Å². The molecule has 2 heterocycles. The highest BCUT2D eigenvalue weighted by molar-refractivity contribution is 6.68. The SMILES string of the molecule is [B]c1c([B])c([B])c(-c2cccc(-c3nc(-c4ccccc4)nc(-c4cccc5c4oc4ccc(-c6ccc(-c7ccc(-c8ccccc8)cc7)cc6)cc45)n3)c2)c([B])c1[B]. The van der Waals surface area contributed by atoms with Crippen molar-refractivity contribution in [3.63, 3.8) is 0 Å². The zero-order chi connectivity index (χ0) is 40.9. The highest BCUT2D eigenvalue weighted by Gasteiger charge is 2.19. The number of benzene rings is 8. The van der Waals surface area contributed by atoms with Crippen LogP contribution in [0, 0.1) is 0 Å². The molecule has 10 aromatic rings. The van der Waals surface area contributed by atoms with Gasteiger partial charge in [0.25, 0.3) is 0 Å². The molecule has 10 radical (unpaired) electrons. The van der Waals surface area contributed by atoms with E-state index in [0.717, 1.165) is 44.2 Å². The lowest BCUT2D eigenvalue weighted by Gasteiger charge is -2.21. The highest BCUT2D eigenvalue weighted by Crippen LogP contribution is 2.38. The summed E-state index contributed by atoms with van der Waals surface area (Å²) in [6, 6.07) is 57.5. The minimum Gasteiger partial charge on any atom is -0.455 e. The molecule has 0 N–H and O–H groups in total. The Bertz CT molecular complexity index is 3210. The van der Waals surface area contributed by atoms with Crippen molar-refractivity contribution in [1.29, 1.82) is 0 Å². The quantitative estimate of drug-likeness (QED) is 0.159. The van der Waals surface area contributed by atoms with Crippen LogP contribution in [0.5, 0.6) is 0 Å². The number of para-hydroxylation sites is 1. The van der Waals surface area contributed by atoms with Gasteiger partial charge in [-0.2, -0.15) is 0 Å². The van der Waals surface area contributed by atoms with Crippen LogP contribution < -0.4 is 27.3 Å². The Morgan fingerprint density at radius 1 is 0.317 bits per heavy atom. The van der Waals surface area contributed by atoms with Crippen molar-refractivity contribution in [2.24, 2.45) is 0 Å². The second-order valence-corrected chi connectivity index (χ2v) is 14.7. The topological polar surface area (TPSA) is 51.8 Å². The average Bonchev–Trinajstić information content (AvgIpc) is 3.69. The molecule has 268 valence electrons. The van der Waals surface area contributed by atoms with Gasteiger partial charge in [-0.15, -0.1) is 16.4 Å². The van der Waals surface area contributed by atoms with Gasteiger partial charge in [-0.05, 0) is 68.8 Å². The summed E-state index contributed by atoms with van der Waals surface area (Å²) < 4.78 is 6.61. The first kappa shape index (κ1) is 37.2. The minimum atomic E-state index is 0.158. The molecule has 10 rings (SSSR count). The van der Waals surface area contributed by atoms with E-state index in [9.17, 15) is 0 Å². The maximum atomic E-state index is 6.61. The molecule has 4 nitrogen and oxygen atoms in total. The smallest absolute Gasteiger partial charge is 0.167 e. The highest BCUT2D eigenvalue weighted by atomic mass is 16.3. The summed E-state index contributed by atoms with van der Waals surface area (Å²) in [7, 11) is 31.5. The van der Waals surface area contributed by atoms with Gasteiger partial charge in [0, 0.05) is 21.9 Å². The summed E-state index contributed by atoms with van der Waals surface area (Å²) in [5, 5.41) is 1.95. The van der Waals surface area contributed by atoms with E-state index in [2.05, 4.69) is 91.0 Å². The number of fused-ring (bicyclic) bond motifs is 3. The molecule has 0 saturated carbocycles. The molecule has 0 aliphatic rings. The molecular formula is C51H28B5N3O. The van der Waals surface area contributed by atoms with E-state index in [1.54, 1.807) is 0 Å². The first-order chi connectivity index (χ1) is 29.3. The first-order valence-electron chi connectivity index (χ1n) is 19.5. The molecule has 0 bridgehead atoms. The average molecular weight is 753 g/mol. The summed E-state index contributed by atoms with van der Waals surface area (Å²) in [6.45, 7) is 0. The van der Waals surface area contributed by atoms with Crippen LogP contribution in [-0.2, 0) is 0 Å². The molecule has 0 saturated heterocycles. The van der Waals surface area contributed by atoms with E-state index in [0.29, 0.717) is 39.7 Å². The Kier molecular flexibility index (Phi) is 9.45.